The molecule has 0 aliphatic carbocycles. The summed E-state index contributed by atoms with van der Waals surface area (Å²) in [6.45, 7) is 0. The van der Waals surface area contributed by atoms with Crippen LogP contribution >= 0.6 is 12.2 Å². The summed E-state index contributed by atoms with van der Waals surface area (Å²) in [6, 6.07) is 1.81. The molecule has 0 rings (SSSR count). The molecular weight excluding hydrogens is 149 g/mol. The zero-order valence-electron chi connectivity index (χ0n) is 4.68. The maximum absolute atomic E-state index is 9.87. The van der Waals surface area contributed by atoms with Crippen molar-refractivity contribution < 1.29 is 56.5 Å². The van der Waals surface area contributed by atoms with Gasteiger partial charge in [0, 0.05) is 6.42 Å². The van der Waals surface area contributed by atoms with E-state index in [1.54, 1.807) is 0 Å². The molecule has 0 bridgehead atoms. The molecule has 0 aromatic carbocycles. The first kappa shape index (κ1) is 11.8. The summed E-state index contributed by atoms with van der Waals surface area (Å²) in [5.41, 5.74) is 0. The van der Waals surface area contributed by atoms with Crippen molar-refractivity contribution in [2.45, 2.75) is 12.8 Å². The van der Waals surface area contributed by atoms with E-state index in [4.69, 9.17) is 5.26 Å². The van der Waals surface area contributed by atoms with Crippen LogP contribution < -0.4 is 56.5 Å². The van der Waals surface area contributed by atoms with Crippen LogP contribution in [0.15, 0.2) is 0 Å². The normalized spacial score (nSPS) is 6.38. The fourth-order valence-corrected chi connectivity index (χ4v) is 0.260. The minimum atomic E-state index is -0.332. The maximum Gasteiger partial charge on any atom is 1.00 e. The Balaban J connectivity index is 0. The van der Waals surface area contributed by atoms with Crippen LogP contribution in [0.2, 0.25) is 0 Å². The van der Waals surface area contributed by atoms with E-state index in [0.717, 1.165) is 0 Å². The van der Waals surface area contributed by atoms with Gasteiger partial charge < -0.3 is 5.11 Å². The Hall–Kier alpha value is 1.02. The Morgan fingerprint density at radius 2 is 2.25 bits per heavy atom. The van der Waals surface area contributed by atoms with E-state index in [-0.39, 0.29) is 69.3 Å². The van der Waals surface area contributed by atoms with Crippen molar-refractivity contribution in [3.05, 3.63) is 0 Å². The largest absolute Gasteiger partial charge is 1.00 e. The molecule has 8 heavy (non-hydrogen) atoms. The van der Waals surface area contributed by atoms with Gasteiger partial charge in [-0.25, -0.2) is 0 Å². The number of thiocarbonyl (C=S) groups is 1. The second-order valence-corrected chi connectivity index (χ2v) is 1.49. The first-order valence-electron chi connectivity index (χ1n) is 1.84. The van der Waals surface area contributed by atoms with Crippen molar-refractivity contribution in [1.29, 1.82) is 5.26 Å². The van der Waals surface area contributed by atoms with Crippen LogP contribution in [0.5, 0.6) is 0 Å². The predicted molar refractivity (Wildman–Crippen MR) is 27.4 cm³/mol. The summed E-state index contributed by atoms with van der Waals surface area (Å²) < 4.78 is 0. The van der Waals surface area contributed by atoms with Crippen molar-refractivity contribution in [2.75, 3.05) is 0 Å². The van der Waals surface area contributed by atoms with E-state index in [9.17, 15) is 5.11 Å². The van der Waals surface area contributed by atoms with Crippen LogP contribution in [-0.2, 0) is 0 Å². The van der Waals surface area contributed by atoms with Gasteiger partial charge >= 0.3 is 51.4 Å². The van der Waals surface area contributed by atoms with E-state index < -0.39 is 0 Å². The molecule has 0 fully saturated rings. The number of hydrogen-bond donors (Lipinski definition) is 0. The second-order valence-electron chi connectivity index (χ2n) is 1.03. The molecule has 0 amide bonds. The first-order chi connectivity index (χ1) is 3.27. The fourth-order valence-electron chi connectivity index (χ4n) is 0.158. The third-order valence-electron chi connectivity index (χ3n) is 0.441. The first-order valence-corrected chi connectivity index (χ1v) is 2.25. The monoisotopic (exact) mass is 153 g/mol. The van der Waals surface area contributed by atoms with Gasteiger partial charge in [0.25, 0.3) is 0 Å². The van der Waals surface area contributed by atoms with E-state index >= 15 is 0 Å². The van der Waals surface area contributed by atoms with Gasteiger partial charge in [0.05, 0.1) is 6.07 Å². The molecule has 0 N–H and O–H groups in total. The Kier molecular flexibility index (Phi) is 11.8. The van der Waals surface area contributed by atoms with Crippen LogP contribution in [0.3, 0.4) is 0 Å². The van der Waals surface area contributed by atoms with Gasteiger partial charge in [-0.05, 0) is 6.42 Å². The van der Waals surface area contributed by atoms with Crippen LogP contribution in [-0.4, -0.2) is 5.05 Å². The van der Waals surface area contributed by atoms with Gasteiger partial charge in [0.1, 0.15) is 0 Å². The molecule has 0 aliphatic rings. The predicted octanol–water partition coefficient (Wildman–Crippen LogP) is -3.02. The molecule has 0 atom stereocenters. The molecule has 0 heterocycles. The van der Waals surface area contributed by atoms with Crippen LogP contribution in [0.4, 0.5) is 0 Å². The minimum Gasteiger partial charge on any atom is -0.867 e. The summed E-state index contributed by atoms with van der Waals surface area (Å²) in [7, 11) is 0. The Labute approximate surface area is 96.3 Å². The molecule has 38 valence electrons. The van der Waals surface area contributed by atoms with Crippen molar-refractivity contribution in [2.24, 2.45) is 0 Å². The molecule has 0 aromatic rings. The van der Waals surface area contributed by atoms with E-state index in [1.165, 1.54) is 0 Å². The molecule has 0 saturated heterocycles. The maximum atomic E-state index is 9.87. The zero-order chi connectivity index (χ0) is 5.70. The van der Waals surface area contributed by atoms with Gasteiger partial charge in [0.15, 0.2) is 0 Å². The second kappa shape index (κ2) is 8.02. The molecule has 4 heteroatoms. The van der Waals surface area contributed by atoms with E-state index in [1.807, 2.05) is 6.07 Å². The van der Waals surface area contributed by atoms with Crippen molar-refractivity contribution >= 4 is 17.3 Å². The Morgan fingerprint density at radius 3 is 2.38 bits per heavy atom. The summed E-state index contributed by atoms with van der Waals surface area (Å²) in [5, 5.41) is 17.4. The Bertz CT molecular complexity index is 109. The average Bonchev–Trinajstić information content (AvgIpc) is 1.61. The molecule has 0 aromatic heterocycles. The molecule has 0 saturated carbocycles. The fraction of sp³-hybridized carbons (Fsp3) is 0.500. The van der Waals surface area contributed by atoms with Crippen LogP contribution in [0.25, 0.3) is 0 Å². The van der Waals surface area contributed by atoms with Crippen molar-refractivity contribution in [3.63, 3.8) is 0 Å². The van der Waals surface area contributed by atoms with Crippen molar-refractivity contribution in [3.8, 4) is 6.07 Å². The van der Waals surface area contributed by atoms with E-state index in [2.05, 4.69) is 12.2 Å². The topological polar surface area (TPSA) is 46.8 Å². The van der Waals surface area contributed by atoms with Gasteiger partial charge in [0.2, 0.25) is 0 Å². The number of nitrogens with zero attached hydrogens (tertiary/aromatic N) is 1. The number of hydrogen-bond acceptors (Lipinski definition) is 3. The molecule has 0 spiro atoms. The standard InChI is InChI=1S/C4H5NOS.K/c5-3-1-2-4(6)7;/h1-2H2,(H,6,7);/q;+1/p-1. The summed E-state index contributed by atoms with van der Waals surface area (Å²) in [6.07, 6.45) is 0.466. The summed E-state index contributed by atoms with van der Waals surface area (Å²) >= 11 is 4.15. The van der Waals surface area contributed by atoms with Gasteiger partial charge in [-0.2, -0.15) is 5.26 Å². The van der Waals surface area contributed by atoms with Gasteiger partial charge in [-0.3, -0.25) is 0 Å². The Morgan fingerprint density at radius 1 is 1.75 bits per heavy atom. The molecule has 0 aliphatic heterocycles. The molecular formula is C4H4KNOS. The third-order valence-corrected chi connectivity index (χ3v) is 0.645. The van der Waals surface area contributed by atoms with Gasteiger partial charge in [-0.1, -0.05) is 5.05 Å². The van der Waals surface area contributed by atoms with Crippen LogP contribution in [0.1, 0.15) is 12.8 Å². The van der Waals surface area contributed by atoms with Gasteiger partial charge in [-0.15, -0.1) is 12.2 Å². The third kappa shape index (κ3) is 10.1. The molecule has 2 nitrogen and oxygen atoms in total. The van der Waals surface area contributed by atoms with E-state index in [0.29, 0.717) is 0 Å². The number of rotatable bonds is 2. The zero-order valence-corrected chi connectivity index (χ0v) is 8.62. The molecule has 0 unspecified atom stereocenters. The summed E-state index contributed by atoms with van der Waals surface area (Å²) in [4.78, 5) is 0. The number of nitriles is 1. The smallest absolute Gasteiger partial charge is 0.867 e. The van der Waals surface area contributed by atoms with Crippen LogP contribution in [0, 0.1) is 11.3 Å². The molecule has 0 radical (unpaired) electrons. The average molecular weight is 153 g/mol. The van der Waals surface area contributed by atoms with Crippen molar-refractivity contribution in [1.82, 2.24) is 0 Å². The minimum absolute atomic E-state index is 0. The SMILES string of the molecule is N#CCCC([O-])=S.[K+]. The quantitative estimate of drug-likeness (QED) is 0.313. The summed E-state index contributed by atoms with van der Waals surface area (Å²) in [5.74, 6) is 0.